The predicted octanol–water partition coefficient (Wildman–Crippen LogP) is 0.178. The number of ketones is 2. The summed E-state index contributed by atoms with van der Waals surface area (Å²) < 4.78 is 8.50. The summed E-state index contributed by atoms with van der Waals surface area (Å²) in [6.45, 7) is 0.496. The van der Waals surface area contributed by atoms with Gasteiger partial charge in [0.05, 0.1) is 6.61 Å². The molecule has 0 aromatic carbocycles. The zero-order valence-corrected chi connectivity index (χ0v) is 10.1. The molecule has 0 heterocycles. The quantitative estimate of drug-likeness (QED) is 0.153. The first kappa shape index (κ1) is 16.9. The first-order valence-corrected chi connectivity index (χ1v) is 4.98. The monoisotopic (exact) mass is 284 g/mol. The fraction of sp³-hybridized carbons (Fsp3) is 0.500. The van der Waals surface area contributed by atoms with Crippen molar-refractivity contribution >= 4 is 23.5 Å². The Morgan fingerprint density at radius 2 is 1.45 bits per heavy atom. The molecule has 0 aliphatic heterocycles. The molecule has 0 aromatic rings. The van der Waals surface area contributed by atoms with Crippen molar-refractivity contribution in [3.05, 3.63) is 20.9 Å². The Balaban J connectivity index is 4.57. The summed E-state index contributed by atoms with van der Waals surface area (Å²) in [7, 11) is 0. The summed E-state index contributed by atoms with van der Waals surface area (Å²) in [6, 6.07) is 0. The van der Waals surface area contributed by atoms with Crippen molar-refractivity contribution in [3.8, 4) is 0 Å². The van der Waals surface area contributed by atoms with Crippen LogP contribution in [0.5, 0.6) is 0 Å². The molecular weight excluding hydrogens is 276 g/mol. The first-order valence-electron chi connectivity index (χ1n) is 4.98. The Hall–Kier alpha value is -3.10. The highest BCUT2D eigenvalue weighted by atomic mass is 16.5. The van der Waals surface area contributed by atoms with Gasteiger partial charge in [-0.2, -0.15) is 0 Å². The lowest BCUT2D eigenvalue weighted by atomic mass is 10.2. The summed E-state index contributed by atoms with van der Waals surface area (Å²) in [4.78, 5) is 48.9. The van der Waals surface area contributed by atoms with Gasteiger partial charge >= 0.3 is 23.5 Å². The third kappa shape index (κ3) is 5.49. The van der Waals surface area contributed by atoms with Crippen molar-refractivity contribution in [1.29, 1.82) is 0 Å². The third-order valence-electron chi connectivity index (χ3n) is 1.59. The zero-order chi connectivity index (χ0) is 15.5. The largest absolute Gasteiger partial charge is 0.460 e. The minimum absolute atomic E-state index is 0.150. The molecule has 0 aliphatic carbocycles. The zero-order valence-electron chi connectivity index (χ0n) is 10.1. The smallest absolute Gasteiger partial charge is 0.383 e. The molecule has 0 fully saturated rings. The van der Waals surface area contributed by atoms with Crippen molar-refractivity contribution in [3.63, 3.8) is 0 Å². The number of esters is 2. The van der Waals surface area contributed by atoms with Crippen LogP contribution in [0.25, 0.3) is 20.9 Å². The maximum absolute atomic E-state index is 11.2. The number of azide groups is 1. The molecule has 0 saturated carbocycles. The van der Waals surface area contributed by atoms with E-state index in [1.54, 1.807) is 0 Å². The molecule has 0 amide bonds. The highest BCUT2D eigenvalue weighted by molar-refractivity contribution is 6.76. The molecule has 12 heteroatoms. The lowest BCUT2D eigenvalue weighted by Crippen LogP contribution is -2.34. The summed E-state index contributed by atoms with van der Waals surface area (Å²) in [5.74, 6) is -6.59. The van der Waals surface area contributed by atoms with E-state index in [4.69, 9.17) is 11.1 Å². The van der Waals surface area contributed by atoms with Gasteiger partial charge in [0, 0.05) is 9.82 Å². The molecule has 0 atom stereocenters. The number of carbonyl (C=O) groups is 4. The Morgan fingerprint density at radius 3 is 1.85 bits per heavy atom. The van der Waals surface area contributed by atoms with Gasteiger partial charge in [0.25, 0.3) is 0 Å². The molecule has 12 nitrogen and oxygen atoms in total. The summed E-state index contributed by atoms with van der Waals surface area (Å²) in [6.07, 6.45) is -1.42. The molecule has 0 spiro atoms. The lowest BCUT2D eigenvalue weighted by molar-refractivity contribution is -0.163. The Morgan fingerprint density at radius 1 is 1.00 bits per heavy atom. The van der Waals surface area contributed by atoms with Gasteiger partial charge in [-0.1, -0.05) is 10.2 Å². The van der Waals surface area contributed by atoms with E-state index in [9.17, 15) is 19.2 Å². The fourth-order valence-electron chi connectivity index (χ4n) is 0.807. The summed E-state index contributed by atoms with van der Waals surface area (Å²) in [5, 5.41) is 5.90. The van der Waals surface area contributed by atoms with Gasteiger partial charge in [-0.25, -0.2) is 9.59 Å². The third-order valence-corrected chi connectivity index (χ3v) is 1.59. The van der Waals surface area contributed by atoms with Crippen molar-refractivity contribution in [2.45, 2.75) is 13.1 Å². The molecule has 0 bridgehead atoms. The number of nitrogens with zero attached hydrogens (tertiary/aromatic N) is 6. The van der Waals surface area contributed by atoms with Crippen LogP contribution >= 0.6 is 0 Å². The van der Waals surface area contributed by atoms with E-state index < -0.39 is 36.3 Å². The van der Waals surface area contributed by atoms with Crippen molar-refractivity contribution in [2.75, 3.05) is 13.2 Å². The molecule has 0 radical (unpaired) electrons. The number of carbonyl (C=O) groups excluding carboxylic acids is 4. The molecule has 0 unspecified atom stereocenters. The molecule has 0 aromatic heterocycles. The maximum Gasteiger partial charge on any atom is 0.383 e. The van der Waals surface area contributed by atoms with E-state index in [1.165, 1.54) is 6.92 Å². The van der Waals surface area contributed by atoms with Gasteiger partial charge in [-0.05, 0) is 18.0 Å². The molecule has 106 valence electrons. The standard InChI is InChI=1S/C8H8N6O6/c1-2-19-7(17)5(15)6(16)8(18)20-3-4(11-13-9)12-14-10/h4H,2-3H2,1H3. The van der Waals surface area contributed by atoms with Crippen LogP contribution in [0.15, 0.2) is 10.2 Å². The van der Waals surface area contributed by atoms with Crippen LogP contribution in [-0.2, 0) is 28.7 Å². The van der Waals surface area contributed by atoms with E-state index in [2.05, 4.69) is 29.5 Å². The van der Waals surface area contributed by atoms with Crippen LogP contribution in [0.1, 0.15) is 6.92 Å². The highest BCUT2D eigenvalue weighted by Crippen LogP contribution is 1.97. The fourth-order valence-corrected chi connectivity index (χ4v) is 0.807. The van der Waals surface area contributed by atoms with Crippen molar-refractivity contribution in [1.82, 2.24) is 0 Å². The molecule has 0 saturated heterocycles. The van der Waals surface area contributed by atoms with E-state index in [0.717, 1.165) is 0 Å². The van der Waals surface area contributed by atoms with E-state index in [0.29, 0.717) is 0 Å². The van der Waals surface area contributed by atoms with E-state index >= 15 is 0 Å². The van der Waals surface area contributed by atoms with Crippen molar-refractivity contribution < 1.29 is 28.7 Å². The number of rotatable bonds is 8. The Bertz CT molecular complexity index is 500. The average Bonchev–Trinajstić information content (AvgIpc) is 2.43. The Kier molecular flexibility index (Phi) is 7.53. The highest BCUT2D eigenvalue weighted by Gasteiger charge is 2.31. The van der Waals surface area contributed by atoms with Crippen LogP contribution in [0.2, 0.25) is 0 Å². The van der Waals surface area contributed by atoms with Gasteiger partial charge in [-0.3, -0.25) is 9.59 Å². The van der Waals surface area contributed by atoms with Crippen molar-refractivity contribution in [2.24, 2.45) is 10.2 Å². The number of ether oxygens (including phenoxy) is 2. The van der Waals surface area contributed by atoms with Gasteiger partial charge in [-0.15, -0.1) is 0 Å². The summed E-state index contributed by atoms with van der Waals surface area (Å²) in [5.41, 5.74) is 16.2. The molecule has 0 N–H and O–H groups in total. The van der Waals surface area contributed by atoms with Gasteiger partial charge in [0.1, 0.15) is 12.8 Å². The second-order valence-corrected chi connectivity index (χ2v) is 2.87. The minimum atomic E-state index is -1.75. The Labute approximate surface area is 110 Å². The number of hydrogen-bond donors (Lipinski definition) is 0. The van der Waals surface area contributed by atoms with E-state index in [1.807, 2.05) is 0 Å². The van der Waals surface area contributed by atoms with Crippen LogP contribution in [-0.4, -0.2) is 42.9 Å². The van der Waals surface area contributed by atoms with E-state index in [-0.39, 0.29) is 6.61 Å². The normalized spacial score (nSPS) is 10.2. The second-order valence-electron chi connectivity index (χ2n) is 2.87. The number of Topliss-reactive ketones (excluding diaryl/α,β-unsaturated/α-hetero) is 2. The van der Waals surface area contributed by atoms with Crippen LogP contribution in [0.4, 0.5) is 0 Å². The maximum atomic E-state index is 11.2. The molecule has 0 aliphatic rings. The predicted molar refractivity (Wildman–Crippen MR) is 59.7 cm³/mol. The topological polar surface area (TPSA) is 184 Å². The molecular formula is C8H8N6O6. The average molecular weight is 284 g/mol. The van der Waals surface area contributed by atoms with Crippen LogP contribution in [0, 0.1) is 0 Å². The van der Waals surface area contributed by atoms with Gasteiger partial charge in [0.15, 0.2) is 0 Å². The number of hydrogen-bond acceptors (Lipinski definition) is 8. The molecule has 0 rings (SSSR count). The minimum Gasteiger partial charge on any atom is -0.460 e. The van der Waals surface area contributed by atoms with Crippen LogP contribution in [0.3, 0.4) is 0 Å². The lowest BCUT2D eigenvalue weighted by Gasteiger charge is -2.05. The van der Waals surface area contributed by atoms with Gasteiger partial charge in [0.2, 0.25) is 0 Å². The first-order chi connectivity index (χ1) is 9.47. The molecule has 20 heavy (non-hydrogen) atoms. The van der Waals surface area contributed by atoms with Crippen LogP contribution < -0.4 is 0 Å². The van der Waals surface area contributed by atoms with Gasteiger partial charge < -0.3 is 9.47 Å². The SMILES string of the molecule is CCOC(=O)C(=O)C(=O)C(=O)OCC(N=[N+]=[N-])N=[N+]=[N-]. The second kappa shape index (κ2) is 8.91. The summed E-state index contributed by atoms with van der Waals surface area (Å²) >= 11 is 0.